The van der Waals surface area contributed by atoms with Gasteiger partial charge in [0.1, 0.15) is 12.5 Å². The molecule has 0 saturated carbocycles. The van der Waals surface area contributed by atoms with Gasteiger partial charge in [-0.25, -0.2) is 0 Å². The molecule has 0 spiro atoms. The van der Waals surface area contributed by atoms with Crippen molar-refractivity contribution < 1.29 is 25.1 Å². The molecule has 0 aliphatic carbocycles. The normalized spacial score (nSPS) is 31.9. The summed E-state index contributed by atoms with van der Waals surface area (Å²) >= 11 is 0. The summed E-state index contributed by atoms with van der Waals surface area (Å²) in [7, 11) is 0. The lowest BCUT2D eigenvalue weighted by Crippen LogP contribution is -1.92. The van der Waals surface area contributed by atoms with Crippen molar-refractivity contribution in [2.24, 2.45) is 0 Å². The molecule has 0 aromatic heterocycles. The molecule has 0 aromatic carbocycles. The fourth-order valence-electron chi connectivity index (χ4n) is 0.862. The van der Waals surface area contributed by atoms with Crippen molar-refractivity contribution in [2.45, 2.75) is 0 Å². The Kier molecular flexibility index (Phi) is 5.03. The fraction of sp³-hybridized carbons (Fsp3) is 0. The van der Waals surface area contributed by atoms with Crippen LogP contribution in [0, 0.1) is 0 Å². The van der Waals surface area contributed by atoms with Crippen LogP contribution in [0.1, 0.15) is 0 Å². The molecule has 1 aliphatic heterocycles. The van der Waals surface area contributed by atoms with Gasteiger partial charge in [0, 0.05) is 6.08 Å². The van der Waals surface area contributed by atoms with Gasteiger partial charge < -0.3 is 15.3 Å². The first-order valence-corrected chi connectivity index (χ1v) is 4.72. The molecule has 0 fully saturated rings. The summed E-state index contributed by atoms with van der Waals surface area (Å²) in [6, 6.07) is 0. The van der Waals surface area contributed by atoms with Crippen LogP contribution in [0.15, 0.2) is 72.3 Å². The molecule has 0 saturated heterocycles. The Hall–Kier alpha value is -2.56. The van der Waals surface area contributed by atoms with Crippen molar-refractivity contribution in [2.75, 3.05) is 0 Å². The van der Waals surface area contributed by atoms with Crippen molar-refractivity contribution in [1.29, 1.82) is 0 Å². The van der Waals surface area contributed by atoms with Crippen LogP contribution >= 0.6 is 0 Å². The highest BCUT2D eigenvalue weighted by Crippen LogP contribution is 2.09. The lowest BCUT2D eigenvalue weighted by atomic mass is 10.3. The van der Waals surface area contributed by atoms with Crippen LogP contribution in [0.2, 0.25) is 0 Å². The van der Waals surface area contributed by atoms with E-state index in [0.717, 1.165) is 12.3 Å². The molecule has 0 unspecified atom stereocenters. The molecule has 0 radical (unpaired) electrons. The molecule has 1 rings (SSSR count). The topological polar surface area (TPSA) is 79.2 Å². The smallest absolute Gasteiger partial charge is 0.200 e. The summed E-state index contributed by atoms with van der Waals surface area (Å²) in [6.45, 7) is 0. The maximum atomic E-state index is 9.36. The van der Waals surface area contributed by atoms with Gasteiger partial charge in [0.05, 0.1) is 0 Å². The Morgan fingerprint density at radius 2 is 1.41 bits per heavy atom. The highest BCUT2D eigenvalue weighted by molar-refractivity contribution is 5.29. The van der Waals surface area contributed by atoms with E-state index in [1.807, 2.05) is 0 Å². The number of aliphatic hydroxyl groups excluding tert-OH is 3. The first-order chi connectivity index (χ1) is 8.22. The molecule has 5 heteroatoms. The third kappa shape index (κ3) is 4.65. The van der Waals surface area contributed by atoms with Gasteiger partial charge in [0.2, 0.25) is 0 Å². The predicted octanol–water partition coefficient (Wildman–Crippen LogP) is 2.86. The molecule has 0 amide bonds. The van der Waals surface area contributed by atoms with Gasteiger partial charge in [-0.05, 0) is 12.2 Å². The van der Waals surface area contributed by atoms with Crippen LogP contribution in [0.5, 0.6) is 0 Å². The second kappa shape index (κ2) is 6.84. The van der Waals surface area contributed by atoms with Crippen molar-refractivity contribution in [3.05, 3.63) is 72.3 Å². The third-order valence-corrected chi connectivity index (χ3v) is 1.65. The average Bonchev–Trinajstić information content (AvgIpc) is 2.33. The van der Waals surface area contributed by atoms with Crippen molar-refractivity contribution in [3.8, 4) is 0 Å². The van der Waals surface area contributed by atoms with E-state index < -0.39 is 17.3 Å². The van der Waals surface area contributed by atoms with Gasteiger partial charge in [0.25, 0.3) is 0 Å². The standard InChI is InChI=1S/C12H12O5/c13-10-6-4-2-1-3-5-8-16-17-9-7-11(14)12(10)15/h1-9,13-15H/b3-1+,4-2+,8-5-,9-7-,10-6+,12-11+. The van der Waals surface area contributed by atoms with E-state index in [1.54, 1.807) is 24.3 Å². The summed E-state index contributed by atoms with van der Waals surface area (Å²) in [4.78, 5) is 9.06. The van der Waals surface area contributed by atoms with Crippen LogP contribution in [0.25, 0.3) is 0 Å². The monoisotopic (exact) mass is 236 g/mol. The minimum atomic E-state index is -0.661. The molecule has 90 valence electrons. The van der Waals surface area contributed by atoms with Crippen LogP contribution < -0.4 is 0 Å². The predicted molar refractivity (Wildman–Crippen MR) is 61.7 cm³/mol. The fourth-order valence-corrected chi connectivity index (χ4v) is 0.862. The van der Waals surface area contributed by atoms with Gasteiger partial charge in [-0.1, -0.05) is 24.3 Å². The lowest BCUT2D eigenvalue weighted by molar-refractivity contribution is -0.195. The number of rotatable bonds is 0. The number of hydrogen-bond donors (Lipinski definition) is 3. The van der Waals surface area contributed by atoms with Crippen LogP contribution in [-0.2, 0) is 9.78 Å². The zero-order valence-electron chi connectivity index (χ0n) is 8.85. The summed E-state index contributed by atoms with van der Waals surface area (Å²) in [5.74, 6) is -1.68. The molecular weight excluding hydrogens is 224 g/mol. The Morgan fingerprint density at radius 1 is 0.765 bits per heavy atom. The minimum absolute atomic E-state index is 0.467. The Morgan fingerprint density at radius 3 is 2.24 bits per heavy atom. The zero-order chi connectivity index (χ0) is 12.5. The third-order valence-electron chi connectivity index (χ3n) is 1.65. The van der Waals surface area contributed by atoms with Crippen molar-refractivity contribution >= 4 is 0 Å². The quantitative estimate of drug-likeness (QED) is 0.563. The van der Waals surface area contributed by atoms with E-state index in [1.165, 1.54) is 18.4 Å². The second-order valence-electron chi connectivity index (χ2n) is 2.88. The number of allylic oxidation sites excluding steroid dienone is 7. The van der Waals surface area contributed by atoms with E-state index in [4.69, 9.17) is 0 Å². The summed E-state index contributed by atoms with van der Waals surface area (Å²) in [5.41, 5.74) is 0. The SMILES string of the molecule is OC1=C/C=C/C=C/C=C\OO/C=C\C(O)=C\1O. The maximum absolute atomic E-state index is 9.36. The van der Waals surface area contributed by atoms with Gasteiger partial charge in [-0.3, -0.25) is 9.78 Å². The van der Waals surface area contributed by atoms with Gasteiger partial charge >= 0.3 is 0 Å². The van der Waals surface area contributed by atoms with Crippen LogP contribution in [0.3, 0.4) is 0 Å². The molecule has 3 N–H and O–H groups in total. The van der Waals surface area contributed by atoms with E-state index in [-0.39, 0.29) is 0 Å². The lowest BCUT2D eigenvalue weighted by Gasteiger charge is -1.99. The van der Waals surface area contributed by atoms with Crippen LogP contribution in [0.4, 0.5) is 0 Å². The largest absolute Gasteiger partial charge is 0.504 e. The summed E-state index contributed by atoms with van der Waals surface area (Å²) in [5, 5.41) is 28.0. The van der Waals surface area contributed by atoms with Gasteiger partial charge in [-0.2, -0.15) is 0 Å². The molecule has 17 heavy (non-hydrogen) atoms. The van der Waals surface area contributed by atoms with E-state index in [9.17, 15) is 15.3 Å². The molecular formula is C12H12O5. The number of hydrogen-bond acceptors (Lipinski definition) is 5. The minimum Gasteiger partial charge on any atom is -0.504 e. The highest BCUT2D eigenvalue weighted by atomic mass is 17.2. The van der Waals surface area contributed by atoms with E-state index in [0.29, 0.717) is 0 Å². The second-order valence-corrected chi connectivity index (χ2v) is 2.88. The molecule has 1 aliphatic rings. The van der Waals surface area contributed by atoms with E-state index >= 15 is 0 Å². The highest BCUT2D eigenvalue weighted by Gasteiger charge is 2.05. The van der Waals surface area contributed by atoms with Crippen LogP contribution in [-0.4, -0.2) is 15.3 Å². The van der Waals surface area contributed by atoms with E-state index in [2.05, 4.69) is 9.78 Å². The van der Waals surface area contributed by atoms with Gasteiger partial charge in [0.15, 0.2) is 17.3 Å². The first-order valence-electron chi connectivity index (χ1n) is 4.72. The summed E-state index contributed by atoms with van der Waals surface area (Å²) in [6.07, 6.45) is 12.6. The molecule has 0 bridgehead atoms. The zero-order valence-corrected chi connectivity index (χ0v) is 8.85. The molecule has 0 atom stereocenters. The number of aliphatic hydroxyl groups is 3. The van der Waals surface area contributed by atoms with Gasteiger partial charge in [-0.15, -0.1) is 0 Å². The Balaban J connectivity index is 2.95. The first kappa shape index (κ1) is 12.5. The Bertz CT molecular complexity index is 424. The molecule has 0 aromatic rings. The maximum Gasteiger partial charge on any atom is 0.200 e. The Labute approximate surface area is 98.1 Å². The van der Waals surface area contributed by atoms with Crippen molar-refractivity contribution in [1.82, 2.24) is 0 Å². The molecule has 1 heterocycles. The molecule has 5 nitrogen and oxygen atoms in total. The average molecular weight is 236 g/mol. The van der Waals surface area contributed by atoms with Crippen molar-refractivity contribution in [3.63, 3.8) is 0 Å². The summed E-state index contributed by atoms with van der Waals surface area (Å²) < 4.78 is 0.